The minimum Gasteiger partial charge on any atom is -0.492 e. The van der Waals surface area contributed by atoms with Crippen LogP contribution in [-0.2, 0) is 19.1 Å². The first-order valence-electron chi connectivity index (χ1n) is 10.3. The number of aromatic nitrogens is 1. The second-order valence-electron chi connectivity index (χ2n) is 7.95. The van der Waals surface area contributed by atoms with Crippen molar-refractivity contribution in [3.8, 4) is 11.5 Å². The van der Waals surface area contributed by atoms with E-state index in [9.17, 15) is 9.59 Å². The Morgan fingerprint density at radius 3 is 2.50 bits per heavy atom. The maximum absolute atomic E-state index is 13.1. The molecule has 1 fully saturated rings. The molecule has 1 atom stereocenters. The molecule has 1 aliphatic rings. The smallest absolute Gasteiger partial charge is 0.324 e. The monoisotopic (exact) mass is 501 g/mol. The van der Waals surface area contributed by atoms with E-state index in [2.05, 4.69) is 20.9 Å². The Kier molecular flexibility index (Phi) is 5.90. The maximum Gasteiger partial charge on any atom is 0.324 e. The van der Waals surface area contributed by atoms with Gasteiger partial charge in [0, 0.05) is 36.9 Å². The minimum atomic E-state index is -1.31. The third-order valence-corrected chi connectivity index (χ3v) is 5.97. The Hall–Kier alpha value is -3.00. The van der Waals surface area contributed by atoms with E-state index in [1.54, 1.807) is 13.2 Å². The lowest BCUT2D eigenvalue weighted by Crippen LogP contribution is -2.48. The molecule has 0 aliphatic carbocycles. The molecule has 1 aromatic heterocycles. The summed E-state index contributed by atoms with van der Waals surface area (Å²) in [5, 5.41) is 0.896. The first-order valence-corrected chi connectivity index (χ1v) is 11.1. The van der Waals surface area contributed by atoms with Crippen LogP contribution in [0, 0.1) is 5.92 Å². The van der Waals surface area contributed by atoms with E-state index in [0.717, 1.165) is 16.5 Å². The summed E-state index contributed by atoms with van der Waals surface area (Å²) in [7, 11) is 1.55. The van der Waals surface area contributed by atoms with E-state index in [1.807, 2.05) is 43.5 Å². The zero-order chi connectivity index (χ0) is 23.0. The van der Waals surface area contributed by atoms with Crippen LogP contribution in [0.2, 0.25) is 0 Å². The number of nitrogens with one attached hydrogen (secondary N) is 1. The number of cyclic esters (lactones) is 2. The molecule has 2 aromatic carbocycles. The summed E-state index contributed by atoms with van der Waals surface area (Å²) in [5.74, 6) is -3.41. The average molecular weight is 502 g/mol. The highest BCUT2D eigenvalue weighted by Crippen LogP contribution is 2.45. The van der Waals surface area contributed by atoms with Gasteiger partial charge in [0.2, 0.25) is 0 Å². The molecule has 0 saturated carbocycles. The normalized spacial score (nSPS) is 17.0. The second kappa shape index (κ2) is 8.50. The summed E-state index contributed by atoms with van der Waals surface area (Å²) >= 11 is 3.54. The molecule has 0 amide bonds. The molecular weight excluding hydrogens is 478 g/mol. The van der Waals surface area contributed by atoms with Crippen molar-refractivity contribution >= 4 is 38.8 Å². The second-order valence-corrected chi connectivity index (χ2v) is 8.81. The third-order valence-electron chi connectivity index (χ3n) is 5.39. The van der Waals surface area contributed by atoms with Crippen molar-refractivity contribution in [1.82, 2.24) is 4.98 Å². The fourth-order valence-corrected chi connectivity index (χ4v) is 4.75. The third kappa shape index (κ3) is 3.95. The number of para-hydroxylation sites is 1. The number of ether oxygens (including phenoxy) is 4. The van der Waals surface area contributed by atoms with Crippen molar-refractivity contribution in [3.05, 3.63) is 58.2 Å². The fourth-order valence-electron chi connectivity index (χ4n) is 4.13. The molecule has 0 radical (unpaired) electrons. The summed E-state index contributed by atoms with van der Waals surface area (Å²) in [6.07, 6.45) is 1.81. The number of fused-ring (bicyclic) bond motifs is 1. The average Bonchev–Trinajstić information content (AvgIpc) is 3.13. The first-order chi connectivity index (χ1) is 15.3. The summed E-state index contributed by atoms with van der Waals surface area (Å²) in [4.78, 5) is 29.4. The number of hydrogen-bond acceptors (Lipinski definition) is 6. The van der Waals surface area contributed by atoms with Crippen LogP contribution in [0.4, 0.5) is 0 Å². The Morgan fingerprint density at radius 1 is 1.16 bits per heavy atom. The molecule has 32 heavy (non-hydrogen) atoms. The van der Waals surface area contributed by atoms with Crippen LogP contribution in [-0.4, -0.2) is 36.4 Å². The van der Waals surface area contributed by atoms with Gasteiger partial charge < -0.3 is 23.9 Å². The molecule has 4 rings (SSSR count). The molecule has 2 heterocycles. The van der Waals surface area contributed by atoms with Crippen LogP contribution in [0.15, 0.2) is 47.1 Å². The van der Waals surface area contributed by atoms with E-state index in [0.29, 0.717) is 28.1 Å². The van der Waals surface area contributed by atoms with Gasteiger partial charge in [-0.15, -0.1) is 0 Å². The number of aromatic amines is 1. The van der Waals surface area contributed by atoms with Gasteiger partial charge >= 0.3 is 11.9 Å². The molecule has 0 unspecified atom stereocenters. The lowest BCUT2D eigenvalue weighted by Gasteiger charge is -2.36. The van der Waals surface area contributed by atoms with E-state index in [4.69, 9.17) is 18.9 Å². The molecule has 168 valence electrons. The summed E-state index contributed by atoms with van der Waals surface area (Å²) in [6.45, 7) is 5.37. The van der Waals surface area contributed by atoms with Gasteiger partial charge in [0.15, 0.2) is 17.4 Å². The molecule has 0 spiro atoms. The number of carbonyl (C=O) groups is 2. The Labute approximate surface area is 194 Å². The van der Waals surface area contributed by atoms with Crippen LogP contribution in [0.1, 0.15) is 37.8 Å². The number of esters is 2. The zero-order valence-corrected chi connectivity index (χ0v) is 19.8. The SMILES string of the molecule is CCOc1cc([C@H](c2c[nH]c3ccccc23)C2C(=O)OC(C)(C)OC2=O)cc(Br)c1OC. The molecule has 1 aliphatic heterocycles. The van der Waals surface area contributed by atoms with Crippen molar-refractivity contribution in [2.24, 2.45) is 5.92 Å². The van der Waals surface area contributed by atoms with E-state index in [-0.39, 0.29) is 0 Å². The number of methoxy groups -OCH3 is 1. The van der Waals surface area contributed by atoms with Crippen LogP contribution in [0.3, 0.4) is 0 Å². The van der Waals surface area contributed by atoms with Crippen LogP contribution in [0.25, 0.3) is 10.9 Å². The Bertz CT molecular complexity index is 1160. The lowest BCUT2D eigenvalue weighted by molar-refractivity contribution is -0.240. The van der Waals surface area contributed by atoms with Gasteiger partial charge in [0.05, 0.1) is 18.2 Å². The number of carbonyl (C=O) groups excluding carboxylic acids is 2. The zero-order valence-electron chi connectivity index (χ0n) is 18.2. The molecule has 7 nitrogen and oxygen atoms in total. The topological polar surface area (TPSA) is 86.9 Å². The molecule has 3 aromatic rings. The standard InChI is InChI=1S/C24H24BrNO6/c1-5-30-18-11-13(10-16(25)21(18)29-4)19(15-12-26-17-9-7-6-8-14(15)17)20-22(27)31-24(2,3)32-23(20)28/h6-12,19-20,26H,5H2,1-4H3/t19-/m1/s1. The minimum absolute atomic E-state index is 0.422. The number of benzene rings is 2. The van der Waals surface area contributed by atoms with Crippen molar-refractivity contribution in [2.45, 2.75) is 32.5 Å². The van der Waals surface area contributed by atoms with E-state index >= 15 is 0 Å². The molecule has 0 bridgehead atoms. The molecule has 8 heteroatoms. The fraction of sp³-hybridized carbons (Fsp3) is 0.333. The van der Waals surface area contributed by atoms with E-state index < -0.39 is 29.6 Å². The largest absolute Gasteiger partial charge is 0.492 e. The predicted molar refractivity (Wildman–Crippen MR) is 122 cm³/mol. The molecule has 1 saturated heterocycles. The van der Waals surface area contributed by atoms with Crippen molar-refractivity contribution in [2.75, 3.05) is 13.7 Å². The van der Waals surface area contributed by atoms with Gasteiger partial charge in [-0.25, -0.2) is 0 Å². The van der Waals surface area contributed by atoms with Gasteiger partial charge in [-0.1, -0.05) is 18.2 Å². The highest BCUT2D eigenvalue weighted by Gasteiger charge is 2.48. The van der Waals surface area contributed by atoms with Gasteiger partial charge in [0.25, 0.3) is 5.79 Å². The Balaban J connectivity index is 1.93. The number of halogens is 1. The van der Waals surface area contributed by atoms with Gasteiger partial charge in [-0.2, -0.15) is 0 Å². The van der Waals surface area contributed by atoms with Crippen LogP contribution in [0.5, 0.6) is 11.5 Å². The summed E-state index contributed by atoms with van der Waals surface area (Å²) in [6, 6.07) is 11.3. The maximum atomic E-state index is 13.1. The van der Waals surface area contributed by atoms with Crippen molar-refractivity contribution in [1.29, 1.82) is 0 Å². The van der Waals surface area contributed by atoms with E-state index in [1.165, 1.54) is 13.8 Å². The number of hydrogen-bond donors (Lipinski definition) is 1. The highest BCUT2D eigenvalue weighted by molar-refractivity contribution is 9.10. The Morgan fingerprint density at radius 2 is 1.84 bits per heavy atom. The van der Waals surface area contributed by atoms with Gasteiger partial charge in [0.1, 0.15) is 0 Å². The lowest BCUT2D eigenvalue weighted by atomic mass is 9.80. The first kappa shape index (κ1) is 22.2. The quantitative estimate of drug-likeness (QED) is 0.380. The van der Waals surface area contributed by atoms with Crippen molar-refractivity contribution < 1.29 is 28.5 Å². The molecular formula is C24H24BrNO6. The van der Waals surface area contributed by atoms with Crippen molar-refractivity contribution in [3.63, 3.8) is 0 Å². The van der Waals surface area contributed by atoms with Gasteiger partial charge in [-0.3, -0.25) is 9.59 Å². The number of H-pyrrole nitrogens is 1. The summed E-state index contributed by atoms with van der Waals surface area (Å²) < 4.78 is 22.8. The molecule has 1 N–H and O–H groups in total. The van der Waals surface area contributed by atoms with Crippen LogP contribution < -0.4 is 9.47 Å². The number of rotatable bonds is 6. The van der Waals surface area contributed by atoms with Gasteiger partial charge in [-0.05, 0) is 52.2 Å². The summed E-state index contributed by atoms with van der Waals surface area (Å²) in [5.41, 5.74) is 2.35. The highest BCUT2D eigenvalue weighted by atomic mass is 79.9. The van der Waals surface area contributed by atoms with Crippen LogP contribution >= 0.6 is 15.9 Å². The predicted octanol–water partition coefficient (Wildman–Crippen LogP) is 4.92.